The molecule has 0 aliphatic rings. The van der Waals surface area contributed by atoms with Crippen molar-refractivity contribution in [3.8, 4) is 11.6 Å². The number of nitrogens with zero attached hydrogens (tertiary/aromatic N) is 2. The summed E-state index contributed by atoms with van der Waals surface area (Å²) in [7, 11) is -13.0. The molecule has 1 aromatic heterocycles. The molecular weight excluding hydrogens is 430 g/mol. The number of aryl methyl sites for hydroxylation is 1. The van der Waals surface area contributed by atoms with E-state index >= 15 is 0 Å². The molecule has 0 aliphatic carbocycles. The highest BCUT2D eigenvalue weighted by Gasteiger charge is 2.52. The maximum absolute atomic E-state index is 12.3. The van der Waals surface area contributed by atoms with E-state index in [0.29, 0.717) is 0 Å². The van der Waals surface area contributed by atoms with Gasteiger partial charge in [0.1, 0.15) is 0 Å². The molecule has 0 spiro atoms. The summed E-state index contributed by atoms with van der Waals surface area (Å²) in [6.07, 6.45) is 0. The Hall–Kier alpha value is -2.37. The first-order valence-electron chi connectivity index (χ1n) is 5.56. The first kappa shape index (κ1) is 21.7. The summed E-state index contributed by atoms with van der Waals surface area (Å²) < 4.78 is 124. The van der Waals surface area contributed by atoms with Crippen LogP contribution in [-0.2, 0) is 20.2 Å². The molecule has 0 radical (unpaired) electrons. The number of nitro groups is 1. The lowest BCUT2D eigenvalue weighted by Crippen LogP contribution is -2.29. The second kappa shape index (κ2) is 6.41. The third-order valence-electron chi connectivity index (χ3n) is 2.19. The van der Waals surface area contributed by atoms with Gasteiger partial charge in [0.2, 0.25) is 5.75 Å². The molecule has 26 heavy (non-hydrogen) atoms. The topological polar surface area (TPSA) is 143 Å². The van der Waals surface area contributed by atoms with E-state index in [2.05, 4.69) is 13.4 Å². The highest BCUT2D eigenvalue weighted by atomic mass is 32.2. The third-order valence-corrected chi connectivity index (χ3v) is 4.10. The first-order valence-corrected chi connectivity index (χ1v) is 8.38. The van der Waals surface area contributed by atoms with Crippen molar-refractivity contribution in [2.45, 2.75) is 17.9 Å². The average Bonchev–Trinajstić information content (AvgIpc) is 2.33. The molecule has 0 aliphatic heterocycles. The van der Waals surface area contributed by atoms with Gasteiger partial charge in [-0.2, -0.15) is 43.2 Å². The molecule has 0 atom stereocenters. The van der Waals surface area contributed by atoms with Gasteiger partial charge >= 0.3 is 42.8 Å². The SMILES string of the molecule is Cc1cc(OS(=O)(=O)C(F)(F)F)c([N+](=O)[O-])c(OS(=O)(=O)C(F)(F)F)n1. The van der Waals surface area contributed by atoms with Crippen LogP contribution in [0.3, 0.4) is 0 Å². The Labute approximate surface area is 139 Å². The number of alkyl halides is 6. The summed E-state index contributed by atoms with van der Waals surface area (Å²) in [5.74, 6) is -3.70. The highest BCUT2D eigenvalue weighted by Crippen LogP contribution is 2.40. The van der Waals surface area contributed by atoms with E-state index in [0.717, 1.165) is 6.92 Å². The van der Waals surface area contributed by atoms with E-state index in [1.54, 1.807) is 0 Å². The fourth-order valence-corrected chi connectivity index (χ4v) is 2.09. The van der Waals surface area contributed by atoms with E-state index in [1.165, 1.54) is 0 Å². The standard InChI is InChI=1S/C8H4F6N2O8S2/c1-3-2-4(23-25(19,20)7(9,10)11)5(16(17)18)6(15-3)24-26(21,22)8(12,13)14/h2H,1H3. The Morgan fingerprint density at radius 2 is 1.42 bits per heavy atom. The minimum Gasteiger partial charge on any atom is -0.368 e. The van der Waals surface area contributed by atoms with Crippen molar-refractivity contribution in [3.05, 3.63) is 21.9 Å². The van der Waals surface area contributed by atoms with E-state index in [1.807, 2.05) is 0 Å². The Bertz CT molecular complexity index is 869. The molecule has 1 heterocycles. The number of hydrogen-bond donors (Lipinski definition) is 0. The lowest BCUT2D eigenvalue weighted by molar-refractivity contribution is -0.386. The van der Waals surface area contributed by atoms with Crippen molar-refractivity contribution < 1.29 is 56.5 Å². The minimum absolute atomic E-state index is 0.245. The van der Waals surface area contributed by atoms with Crippen LogP contribution >= 0.6 is 0 Å². The molecule has 0 N–H and O–H groups in total. The van der Waals surface area contributed by atoms with Crippen molar-refractivity contribution in [2.24, 2.45) is 0 Å². The molecule has 0 amide bonds. The van der Waals surface area contributed by atoms with Crippen molar-refractivity contribution in [1.29, 1.82) is 0 Å². The fourth-order valence-electron chi connectivity index (χ4n) is 1.22. The van der Waals surface area contributed by atoms with E-state index in [4.69, 9.17) is 0 Å². The zero-order chi connectivity index (χ0) is 20.7. The van der Waals surface area contributed by atoms with Crippen LogP contribution in [0.5, 0.6) is 11.6 Å². The first-order chi connectivity index (χ1) is 11.4. The van der Waals surface area contributed by atoms with Gasteiger partial charge < -0.3 is 8.37 Å². The van der Waals surface area contributed by atoms with Gasteiger partial charge in [-0.25, -0.2) is 4.98 Å². The lowest BCUT2D eigenvalue weighted by atomic mass is 10.3. The highest BCUT2D eigenvalue weighted by molar-refractivity contribution is 7.88. The summed E-state index contributed by atoms with van der Waals surface area (Å²) in [6.45, 7) is 0.823. The van der Waals surface area contributed by atoms with Crippen LogP contribution in [0, 0.1) is 17.0 Å². The molecule has 0 saturated heterocycles. The molecule has 1 aromatic rings. The van der Waals surface area contributed by atoms with Crippen molar-refractivity contribution in [3.63, 3.8) is 0 Å². The second-order valence-electron chi connectivity index (χ2n) is 4.14. The number of halogens is 6. The maximum Gasteiger partial charge on any atom is 0.534 e. The van der Waals surface area contributed by atoms with Gasteiger partial charge in [-0.1, -0.05) is 0 Å². The number of aromatic nitrogens is 1. The molecule has 18 heteroatoms. The molecule has 0 aromatic carbocycles. The quantitative estimate of drug-likeness (QED) is 0.223. The second-order valence-corrected chi connectivity index (χ2v) is 7.21. The van der Waals surface area contributed by atoms with Crippen molar-refractivity contribution in [2.75, 3.05) is 0 Å². The van der Waals surface area contributed by atoms with Crippen LogP contribution in [0.4, 0.5) is 32.0 Å². The normalized spacial score (nSPS) is 13.3. The van der Waals surface area contributed by atoms with Crippen LogP contribution in [0.2, 0.25) is 0 Å². The zero-order valence-electron chi connectivity index (χ0n) is 11.8. The average molecular weight is 434 g/mol. The van der Waals surface area contributed by atoms with E-state index in [-0.39, 0.29) is 6.07 Å². The van der Waals surface area contributed by atoms with E-state index in [9.17, 15) is 53.3 Å². The molecule has 0 bridgehead atoms. The van der Waals surface area contributed by atoms with Gasteiger partial charge in [0.05, 0.1) is 4.92 Å². The van der Waals surface area contributed by atoms with Gasteiger partial charge in [0.15, 0.2) is 0 Å². The third kappa shape index (κ3) is 4.42. The minimum atomic E-state index is -6.51. The van der Waals surface area contributed by atoms with Crippen molar-refractivity contribution >= 4 is 25.9 Å². The van der Waals surface area contributed by atoms with Gasteiger partial charge in [-0.3, -0.25) is 10.1 Å². The molecule has 148 valence electrons. The van der Waals surface area contributed by atoms with Crippen LogP contribution in [-0.4, -0.2) is 37.8 Å². The summed E-state index contributed by atoms with van der Waals surface area (Å²) in [4.78, 5) is 12.1. The van der Waals surface area contributed by atoms with Gasteiger partial charge in [0, 0.05) is 11.8 Å². The zero-order valence-corrected chi connectivity index (χ0v) is 13.5. The molecular formula is C8H4F6N2O8S2. The summed E-state index contributed by atoms with van der Waals surface area (Å²) in [6, 6.07) is 0.245. The predicted molar refractivity (Wildman–Crippen MR) is 66.8 cm³/mol. The Balaban J connectivity index is 3.63. The summed E-state index contributed by atoms with van der Waals surface area (Å²) >= 11 is 0. The largest absolute Gasteiger partial charge is 0.534 e. The number of rotatable bonds is 5. The summed E-state index contributed by atoms with van der Waals surface area (Å²) in [5, 5.41) is 10.9. The monoisotopic (exact) mass is 434 g/mol. The Kier molecular flexibility index (Phi) is 5.35. The maximum atomic E-state index is 12.3. The van der Waals surface area contributed by atoms with Crippen LogP contribution in [0.25, 0.3) is 0 Å². The van der Waals surface area contributed by atoms with Gasteiger partial charge in [0.25, 0.3) is 0 Å². The number of pyridine rings is 1. The fraction of sp³-hybridized carbons (Fsp3) is 0.375. The lowest BCUT2D eigenvalue weighted by Gasteiger charge is -2.13. The van der Waals surface area contributed by atoms with Crippen LogP contribution < -0.4 is 8.37 Å². The number of hydrogen-bond acceptors (Lipinski definition) is 9. The molecule has 0 unspecified atom stereocenters. The Morgan fingerprint density at radius 3 is 1.81 bits per heavy atom. The molecule has 0 saturated carbocycles. The van der Waals surface area contributed by atoms with Crippen LogP contribution in [0.1, 0.15) is 5.69 Å². The predicted octanol–water partition coefficient (Wildman–Crippen LogP) is 1.76. The van der Waals surface area contributed by atoms with Gasteiger partial charge in [-0.15, -0.1) is 0 Å². The van der Waals surface area contributed by atoms with Crippen LogP contribution in [0.15, 0.2) is 6.07 Å². The van der Waals surface area contributed by atoms with E-state index < -0.39 is 59.2 Å². The molecule has 0 fully saturated rings. The van der Waals surface area contributed by atoms with Gasteiger partial charge in [-0.05, 0) is 6.92 Å². The Morgan fingerprint density at radius 1 is 1.00 bits per heavy atom. The molecule has 1 rings (SSSR count). The van der Waals surface area contributed by atoms with Crippen molar-refractivity contribution in [1.82, 2.24) is 4.98 Å². The smallest absolute Gasteiger partial charge is 0.368 e. The molecule has 10 nitrogen and oxygen atoms in total. The summed E-state index contributed by atoms with van der Waals surface area (Å²) in [5.41, 5.74) is -14.8.